The molecule has 131 valence electrons. The van der Waals surface area contributed by atoms with E-state index in [0.29, 0.717) is 0 Å². The Balaban J connectivity index is 1.89. The molecule has 0 amide bonds. The zero-order valence-electron chi connectivity index (χ0n) is 15.0. The third-order valence-corrected chi connectivity index (χ3v) is 10.7. The van der Waals surface area contributed by atoms with Crippen LogP contribution in [0.1, 0.15) is 0 Å². The Hall–Kier alpha value is -2.73. The van der Waals surface area contributed by atoms with Gasteiger partial charge in [0.2, 0.25) is 9.76 Å². The maximum absolute atomic E-state index is 7.00. The van der Waals surface area contributed by atoms with E-state index in [1.54, 1.807) is 0 Å². The quantitative estimate of drug-likeness (QED) is 0.368. The van der Waals surface area contributed by atoms with Crippen LogP contribution < -0.4 is 20.7 Å². The summed E-state index contributed by atoms with van der Waals surface area (Å²) in [6.45, 7) is 0. The molecule has 0 spiro atoms. The number of hydrogen-bond acceptors (Lipinski definition) is 1. The predicted molar refractivity (Wildman–Crippen MR) is 118 cm³/mol. The molecule has 0 fully saturated rings. The fraction of sp³-hybridized carbons (Fsp3) is 0. The van der Waals surface area contributed by atoms with Crippen LogP contribution in [0.2, 0.25) is 0 Å². The summed E-state index contributed by atoms with van der Waals surface area (Å²) < 4.78 is 7.00. The fourth-order valence-corrected chi connectivity index (χ4v) is 9.66. The third kappa shape index (κ3) is 3.71. The Morgan fingerprint density at radius 1 is 0.444 bits per heavy atom. The van der Waals surface area contributed by atoms with Gasteiger partial charge < -0.3 is 4.12 Å². The van der Waals surface area contributed by atoms with Crippen molar-refractivity contribution in [2.45, 2.75) is 0 Å². The van der Waals surface area contributed by atoms with Crippen LogP contribution >= 0.6 is 0 Å². The lowest BCUT2D eigenvalue weighted by molar-refractivity contribution is 0.631. The van der Waals surface area contributed by atoms with Crippen molar-refractivity contribution in [2.75, 3.05) is 0 Å². The van der Waals surface area contributed by atoms with Gasteiger partial charge in [0.1, 0.15) is 0 Å². The first-order valence-electron chi connectivity index (χ1n) is 9.12. The first-order valence-corrected chi connectivity index (χ1v) is 12.1. The zero-order chi connectivity index (χ0) is 18.4. The van der Waals surface area contributed by atoms with Crippen molar-refractivity contribution in [3.8, 4) is 0 Å². The second-order valence-corrected chi connectivity index (χ2v) is 11.4. The first kappa shape index (κ1) is 17.7. The topological polar surface area (TPSA) is 9.23 Å². The second-order valence-electron chi connectivity index (χ2n) is 6.43. The minimum absolute atomic E-state index is 0.296. The molecule has 1 radical (unpaired) electrons. The Bertz CT molecular complexity index is 861. The molecule has 0 aliphatic heterocycles. The summed E-state index contributed by atoms with van der Waals surface area (Å²) in [5, 5.41) is 5.12. The molecule has 0 N–H and O–H groups in total. The largest absolute Gasteiger partial charge is 0.445 e. The molecule has 0 bridgehead atoms. The molecule has 4 rings (SSSR count). The molecule has 4 aromatic rings. The summed E-state index contributed by atoms with van der Waals surface area (Å²) in [6, 6.07) is 42.8. The molecule has 0 saturated heterocycles. The minimum Gasteiger partial charge on any atom is -0.445 e. The summed E-state index contributed by atoms with van der Waals surface area (Å²) in [5.41, 5.74) is 0. The minimum atomic E-state index is -2.57. The van der Waals surface area contributed by atoms with Gasteiger partial charge in [-0.25, -0.2) is 0 Å². The molecule has 3 heteroatoms. The van der Waals surface area contributed by atoms with Crippen LogP contribution in [0, 0.1) is 0 Å². The van der Waals surface area contributed by atoms with Crippen molar-refractivity contribution < 1.29 is 4.12 Å². The summed E-state index contributed by atoms with van der Waals surface area (Å²) in [6.07, 6.45) is 0. The Morgan fingerprint density at radius 2 is 0.778 bits per heavy atom. The molecule has 0 heterocycles. The highest BCUT2D eigenvalue weighted by molar-refractivity contribution is 7.09. The Kier molecular flexibility index (Phi) is 5.44. The zero-order valence-corrected chi connectivity index (χ0v) is 17.2. The molecule has 27 heavy (non-hydrogen) atoms. The number of rotatable bonds is 6. The first-order chi connectivity index (χ1) is 13.4. The second kappa shape index (κ2) is 8.31. The van der Waals surface area contributed by atoms with Gasteiger partial charge >= 0.3 is 0 Å². The van der Waals surface area contributed by atoms with Gasteiger partial charge in [0.15, 0.2) is 0 Å². The van der Waals surface area contributed by atoms with E-state index >= 15 is 0 Å². The average Bonchev–Trinajstić information content (AvgIpc) is 2.77. The van der Waals surface area contributed by atoms with E-state index in [-0.39, 0.29) is 9.76 Å². The van der Waals surface area contributed by atoms with E-state index in [9.17, 15) is 0 Å². The summed E-state index contributed by atoms with van der Waals surface area (Å²) in [4.78, 5) is 0. The Labute approximate surface area is 164 Å². The van der Waals surface area contributed by atoms with Gasteiger partial charge in [0, 0.05) is 0 Å². The number of hydrogen-bond donors (Lipinski definition) is 0. The van der Waals surface area contributed by atoms with Crippen molar-refractivity contribution in [1.82, 2.24) is 0 Å². The van der Waals surface area contributed by atoms with E-state index in [2.05, 4.69) is 121 Å². The summed E-state index contributed by atoms with van der Waals surface area (Å²) in [5.74, 6) is 0. The van der Waals surface area contributed by atoms with Crippen LogP contribution in [0.15, 0.2) is 121 Å². The van der Waals surface area contributed by atoms with Crippen LogP contribution in [0.5, 0.6) is 0 Å². The maximum atomic E-state index is 7.00. The van der Waals surface area contributed by atoms with Gasteiger partial charge in [-0.3, -0.25) is 0 Å². The molecule has 1 nitrogen and oxygen atoms in total. The lowest BCUT2D eigenvalue weighted by Crippen LogP contribution is -2.70. The highest BCUT2D eigenvalue weighted by Gasteiger charge is 2.41. The molecule has 0 aromatic heterocycles. The van der Waals surface area contributed by atoms with Crippen molar-refractivity contribution in [3.63, 3.8) is 0 Å². The smallest absolute Gasteiger partial charge is 0.278 e. The van der Waals surface area contributed by atoms with Crippen LogP contribution in [0.3, 0.4) is 0 Å². The monoisotopic (exact) mass is 381 g/mol. The van der Waals surface area contributed by atoms with Crippen LogP contribution in [-0.2, 0) is 4.12 Å². The van der Waals surface area contributed by atoms with Crippen molar-refractivity contribution in [1.29, 1.82) is 0 Å². The molecular weight excluding hydrogens is 360 g/mol. The maximum Gasteiger partial charge on any atom is 0.278 e. The van der Waals surface area contributed by atoms with Crippen molar-refractivity contribution >= 4 is 38.8 Å². The Morgan fingerprint density at radius 3 is 1.15 bits per heavy atom. The van der Waals surface area contributed by atoms with Crippen molar-refractivity contribution in [3.05, 3.63) is 121 Å². The molecule has 0 saturated carbocycles. The fourth-order valence-electron chi connectivity index (χ4n) is 3.41. The average molecular weight is 382 g/mol. The molecule has 0 unspecified atom stereocenters. The van der Waals surface area contributed by atoms with E-state index < -0.39 is 8.32 Å². The highest BCUT2D eigenvalue weighted by atomic mass is 28.4. The summed E-state index contributed by atoms with van der Waals surface area (Å²) in [7, 11) is -2.87. The molecule has 0 aliphatic carbocycles. The van der Waals surface area contributed by atoms with Gasteiger partial charge in [-0.1, -0.05) is 121 Å². The molecular formula is C24H21OSi2. The van der Waals surface area contributed by atoms with Gasteiger partial charge in [-0.15, -0.1) is 0 Å². The van der Waals surface area contributed by atoms with Gasteiger partial charge in [-0.05, 0) is 20.7 Å². The van der Waals surface area contributed by atoms with Gasteiger partial charge in [0.25, 0.3) is 8.32 Å². The van der Waals surface area contributed by atoms with E-state index in [4.69, 9.17) is 4.12 Å². The van der Waals surface area contributed by atoms with Crippen LogP contribution in [0.25, 0.3) is 0 Å². The van der Waals surface area contributed by atoms with Gasteiger partial charge in [-0.2, -0.15) is 0 Å². The van der Waals surface area contributed by atoms with Crippen molar-refractivity contribution in [2.24, 2.45) is 0 Å². The van der Waals surface area contributed by atoms with Crippen LogP contribution in [-0.4, -0.2) is 18.1 Å². The standard InChI is InChI=1S/C24H21OSi2/c1-5-13-21(14-6-1)26-25-27(22-15-7-2-8-16-22,23-17-9-3-10-18-23)24-19-11-4-12-20-24/h1-20,26H. The lowest BCUT2D eigenvalue weighted by atomic mass is 10.3. The van der Waals surface area contributed by atoms with E-state index in [0.717, 1.165) is 0 Å². The SMILES string of the molecule is c1ccc([SiH]O[Si](c2ccccc2)(c2ccccc2)c2ccccc2)cc1. The molecule has 0 aliphatic rings. The number of benzene rings is 4. The predicted octanol–water partition coefficient (Wildman–Crippen LogP) is 2.35. The third-order valence-electron chi connectivity index (χ3n) is 4.71. The van der Waals surface area contributed by atoms with E-state index in [1.165, 1.54) is 20.7 Å². The normalized spacial score (nSPS) is 11.3. The lowest BCUT2D eigenvalue weighted by Gasteiger charge is -2.33. The van der Waals surface area contributed by atoms with Crippen LogP contribution in [0.4, 0.5) is 0 Å². The molecule has 4 aromatic carbocycles. The highest BCUT2D eigenvalue weighted by Crippen LogP contribution is 2.09. The molecule has 0 atom stereocenters. The van der Waals surface area contributed by atoms with E-state index in [1.807, 2.05) is 0 Å². The summed E-state index contributed by atoms with van der Waals surface area (Å²) >= 11 is 0. The van der Waals surface area contributed by atoms with Gasteiger partial charge in [0.05, 0.1) is 0 Å².